The molecule has 0 bridgehead atoms. The van der Waals surface area contributed by atoms with Crippen LogP contribution in [0.4, 0.5) is 5.69 Å². The second-order valence-electron chi connectivity index (χ2n) is 3.58. The first-order valence-electron chi connectivity index (χ1n) is 4.79. The minimum Gasteiger partial charge on any atom is -0.398 e. The number of hydrogen-bond donors (Lipinski definition) is 1. The first kappa shape index (κ1) is 11.3. The Morgan fingerprint density at radius 3 is 2.75 bits per heavy atom. The molecule has 0 unspecified atom stereocenters. The van der Waals surface area contributed by atoms with Crippen LogP contribution < -0.4 is 5.73 Å². The monoisotopic (exact) mass is 255 g/mol. The lowest BCUT2D eigenvalue weighted by Gasteiger charge is -2.08. The van der Waals surface area contributed by atoms with Crippen LogP contribution in [0.2, 0.25) is 10.0 Å². The molecule has 0 saturated heterocycles. The summed E-state index contributed by atoms with van der Waals surface area (Å²) in [6, 6.07) is 5.40. The number of halogens is 2. The number of nitrogens with zero attached hydrogens (tertiary/aromatic N) is 2. The van der Waals surface area contributed by atoms with Gasteiger partial charge in [-0.3, -0.25) is 4.68 Å². The van der Waals surface area contributed by atoms with E-state index in [0.29, 0.717) is 22.3 Å². The fraction of sp³-hybridized carbons (Fsp3) is 0.182. The van der Waals surface area contributed by atoms with Crippen molar-refractivity contribution in [3.8, 4) is 0 Å². The number of anilines is 1. The quantitative estimate of drug-likeness (QED) is 0.839. The van der Waals surface area contributed by atoms with Gasteiger partial charge in [-0.1, -0.05) is 23.2 Å². The van der Waals surface area contributed by atoms with Gasteiger partial charge in [0.15, 0.2) is 0 Å². The number of nitrogens with two attached hydrogens (primary N) is 1. The first-order valence-corrected chi connectivity index (χ1v) is 5.55. The molecule has 1 heterocycles. The molecule has 5 heteroatoms. The smallest absolute Gasteiger partial charge is 0.0815 e. The highest BCUT2D eigenvalue weighted by Crippen LogP contribution is 2.21. The van der Waals surface area contributed by atoms with Gasteiger partial charge in [0.25, 0.3) is 0 Å². The zero-order valence-electron chi connectivity index (χ0n) is 8.74. The maximum atomic E-state index is 5.93. The molecule has 0 fully saturated rings. The van der Waals surface area contributed by atoms with Crippen LogP contribution in [-0.4, -0.2) is 9.78 Å². The molecule has 1 aromatic heterocycles. The predicted octanol–water partition coefficient (Wildman–Crippen LogP) is 3.13. The van der Waals surface area contributed by atoms with Gasteiger partial charge in [0.1, 0.15) is 0 Å². The molecule has 3 nitrogen and oxygen atoms in total. The summed E-state index contributed by atoms with van der Waals surface area (Å²) in [5.41, 5.74) is 8.42. The highest BCUT2D eigenvalue weighted by molar-refractivity contribution is 6.31. The number of nitrogen functional groups attached to an aromatic ring is 1. The third kappa shape index (κ3) is 2.15. The molecule has 0 atom stereocenters. The fourth-order valence-corrected chi connectivity index (χ4v) is 1.79. The summed E-state index contributed by atoms with van der Waals surface area (Å²) in [7, 11) is 0. The maximum absolute atomic E-state index is 5.93. The molecule has 16 heavy (non-hydrogen) atoms. The van der Waals surface area contributed by atoms with Crippen molar-refractivity contribution in [3.05, 3.63) is 45.7 Å². The molecule has 0 saturated carbocycles. The largest absolute Gasteiger partial charge is 0.398 e. The summed E-state index contributed by atoms with van der Waals surface area (Å²) in [6.45, 7) is 2.49. The van der Waals surface area contributed by atoms with Crippen LogP contribution in [0.3, 0.4) is 0 Å². The van der Waals surface area contributed by atoms with Crippen molar-refractivity contribution in [2.45, 2.75) is 13.5 Å². The van der Waals surface area contributed by atoms with Crippen molar-refractivity contribution in [1.82, 2.24) is 9.78 Å². The molecule has 0 aliphatic heterocycles. The van der Waals surface area contributed by atoms with E-state index in [9.17, 15) is 0 Å². The predicted molar refractivity (Wildman–Crippen MR) is 66.9 cm³/mol. The SMILES string of the molecule is Cc1c(Cl)cnn1Cc1cc(Cl)ccc1N. The lowest BCUT2D eigenvalue weighted by molar-refractivity contribution is 0.666. The van der Waals surface area contributed by atoms with Crippen LogP contribution in [-0.2, 0) is 6.54 Å². The van der Waals surface area contributed by atoms with Crippen LogP contribution in [0.15, 0.2) is 24.4 Å². The third-order valence-corrected chi connectivity index (χ3v) is 3.07. The topological polar surface area (TPSA) is 43.8 Å². The Kier molecular flexibility index (Phi) is 3.08. The van der Waals surface area contributed by atoms with Gasteiger partial charge in [0.2, 0.25) is 0 Å². The van der Waals surface area contributed by atoms with E-state index in [1.165, 1.54) is 0 Å². The van der Waals surface area contributed by atoms with E-state index in [4.69, 9.17) is 28.9 Å². The van der Waals surface area contributed by atoms with E-state index in [1.807, 2.05) is 13.0 Å². The summed E-state index contributed by atoms with van der Waals surface area (Å²) in [5.74, 6) is 0. The lowest BCUT2D eigenvalue weighted by atomic mass is 10.2. The number of benzene rings is 1. The van der Waals surface area contributed by atoms with Crippen molar-refractivity contribution in [1.29, 1.82) is 0 Å². The van der Waals surface area contributed by atoms with E-state index in [0.717, 1.165) is 11.3 Å². The highest BCUT2D eigenvalue weighted by Gasteiger charge is 2.07. The molecule has 0 aliphatic carbocycles. The second-order valence-corrected chi connectivity index (χ2v) is 4.42. The first-order chi connectivity index (χ1) is 7.58. The van der Waals surface area contributed by atoms with Gasteiger partial charge in [-0.05, 0) is 30.7 Å². The number of aromatic nitrogens is 2. The Hall–Kier alpha value is -1.19. The van der Waals surface area contributed by atoms with Gasteiger partial charge in [0, 0.05) is 10.7 Å². The molecule has 2 aromatic rings. The van der Waals surface area contributed by atoms with Gasteiger partial charge in [-0.15, -0.1) is 0 Å². The van der Waals surface area contributed by atoms with Crippen molar-refractivity contribution in [2.75, 3.05) is 5.73 Å². The highest BCUT2D eigenvalue weighted by atomic mass is 35.5. The number of hydrogen-bond acceptors (Lipinski definition) is 2. The van der Waals surface area contributed by atoms with Crippen LogP contribution in [0.5, 0.6) is 0 Å². The summed E-state index contributed by atoms with van der Waals surface area (Å²) in [4.78, 5) is 0. The van der Waals surface area contributed by atoms with Gasteiger partial charge >= 0.3 is 0 Å². The molecule has 0 aliphatic rings. The van der Waals surface area contributed by atoms with Gasteiger partial charge in [-0.25, -0.2) is 0 Å². The standard InChI is InChI=1S/C11H11Cl2N3/c1-7-10(13)5-15-16(7)6-8-4-9(12)2-3-11(8)14/h2-5H,6,14H2,1H3. The second kappa shape index (κ2) is 4.36. The fourth-order valence-electron chi connectivity index (χ4n) is 1.46. The van der Waals surface area contributed by atoms with Crippen LogP contribution in [0, 0.1) is 6.92 Å². The summed E-state index contributed by atoms with van der Waals surface area (Å²) >= 11 is 11.8. The van der Waals surface area contributed by atoms with Gasteiger partial charge in [0.05, 0.1) is 23.5 Å². The Morgan fingerprint density at radius 2 is 2.12 bits per heavy atom. The van der Waals surface area contributed by atoms with E-state index >= 15 is 0 Å². The summed E-state index contributed by atoms with van der Waals surface area (Å²) in [6.07, 6.45) is 1.62. The normalized spacial score (nSPS) is 10.7. The molecular formula is C11H11Cl2N3. The van der Waals surface area contributed by atoms with Crippen LogP contribution in [0.25, 0.3) is 0 Å². The zero-order valence-corrected chi connectivity index (χ0v) is 10.3. The third-order valence-electron chi connectivity index (χ3n) is 2.47. The van der Waals surface area contributed by atoms with Crippen LogP contribution >= 0.6 is 23.2 Å². The number of rotatable bonds is 2. The molecule has 0 spiro atoms. The molecule has 0 radical (unpaired) electrons. The lowest BCUT2D eigenvalue weighted by Crippen LogP contribution is -2.06. The molecule has 2 rings (SSSR count). The Balaban J connectivity index is 2.33. The Morgan fingerprint density at radius 1 is 1.38 bits per heavy atom. The van der Waals surface area contributed by atoms with Crippen molar-refractivity contribution in [2.24, 2.45) is 0 Å². The van der Waals surface area contributed by atoms with Crippen molar-refractivity contribution >= 4 is 28.9 Å². The molecule has 84 valence electrons. The Bertz CT molecular complexity index is 520. The van der Waals surface area contributed by atoms with Crippen molar-refractivity contribution < 1.29 is 0 Å². The van der Waals surface area contributed by atoms with Gasteiger partial charge < -0.3 is 5.73 Å². The average molecular weight is 256 g/mol. The van der Waals surface area contributed by atoms with E-state index in [2.05, 4.69) is 5.10 Å². The van der Waals surface area contributed by atoms with Crippen LogP contribution in [0.1, 0.15) is 11.3 Å². The minimum atomic E-state index is 0.574. The Labute approximate surface area is 104 Å². The molecule has 2 N–H and O–H groups in total. The maximum Gasteiger partial charge on any atom is 0.0815 e. The minimum absolute atomic E-state index is 0.574. The van der Waals surface area contributed by atoms with E-state index < -0.39 is 0 Å². The van der Waals surface area contributed by atoms with E-state index in [-0.39, 0.29) is 0 Å². The van der Waals surface area contributed by atoms with Gasteiger partial charge in [-0.2, -0.15) is 5.10 Å². The molecule has 1 aromatic carbocycles. The van der Waals surface area contributed by atoms with E-state index in [1.54, 1.807) is 23.0 Å². The summed E-state index contributed by atoms with van der Waals surface area (Å²) < 4.78 is 1.80. The average Bonchev–Trinajstić information content (AvgIpc) is 2.55. The summed E-state index contributed by atoms with van der Waals surface area (Å²) in [5, 5.41) is 5.49. The molecule has 0 amide bonds. The molecular weight excluding hydrogens is 245 g/mol. The zero-order chi connectivity index (χ0) is 11.7. The van der Waals surface area contributed by atoms with Crippen molar-refractivity contribution in [3.63, 3.8) is 0 Å².